The second kappa shape index (κ2) is 5.43. The molecule has 1 unspecified atom stereocenters. The molecule has 0 saturated carbocycles. The summed E-state index contributed by atoms with van der Waals surface area (Å²) in [5.41, 5.74) is 12.2. The fraction of sp³-hybridized carbons (Fsp3) is 0.308. The Morgan fingerprint density at radius 2 is 2.20 bits per heavy atom. The molecule has 20 heavy (non-hydrogen) atoms. The summed E-state index contributed by atoms with van der Waals surface area (Å²) in [6.07, 6.45) is 1.59. The Bertz CT molecular complexity index is 673. The van der Waals surface area contributed by atoms with Gasteiger partial charge in [0, 0.05) is 27.5 Å². The Labute approximate surface area is 124 Å². The second-order valence-corrected chi connectivity index (χ2v) is 5.99. The van der Waals surface area contributed by atoms with Gasteiger partial charge in [-0.25, -0.2) is 4.98 Å². The van der Waals surface area contributed by atoms with Gasteiger partial charge < -0.3 is 11.5 Å². The quantitative estimate of drug-likeness (QED) is 0.655. The highest BCUT2D eigenvalue weighted by Gasteiger charge is 2.25. The number of nitro groups is 1. The van der Waals surface area contributed by atoms with Gasteiger partial charge in [0.15, 0.2) is 0 Å². The van der Waals surface area contributed by atoms with Crippen molar-refractivity contribution in [2.45, 2.75) is 18.9 Å². The van der Waals surface area contributed by atoms with Crippen LogP contribution in [0.3, 0.4) is 0 Å². The molecule has 1 aromatic carbocycles. The van der Waals surface area contributed by atoms with Crippen LogP contribution in [-0.4, -0.2) is 22.0 Å². The van der Waals surface area contributed by atoms with Crippen LogP contribution < -0.4 is 11.5 Å². The summed E-state index contributed by atoms with van der Waals surface area (Å²) >= 11 is 3.36. The first kappa shape index (κ1) is 14.8. The summed E-state index contributed by atoms with van der Waals surface area (Å²) in [4.78, 5) is 14.9. The topological polar surface area (TPSA) is 108 Å². The second-order valence-electron chi connectivity index (χ2n) is 5.08. The first-order valence-corrected chi connectivity index (χ1v) is 6.84. The number of benzene rings is 1. The Morgan fingerprint density at radius 1 is 1.50 bits per heavy atom. The number of fused-ring (bicyclic) bond motifs is 1. The van der Waals surface area contributed by atoms with Crippen molar-refractivity contribution < 1.29 is 4.92 Å². The molecule has 1 aromatic heterocycles. The summed E-state index contributed by atoms with van der Waals surface area (Å²) in [6, 6.07) is 5.45. The number of aromatic nitrogens is 1. The van der Waals surface area contributed by atoms with Crippen LogP contribution in [-0.2, 0) is 6.42 Å². The highest BCUT2D eigenvalue weighted by molar-refractivity contribution is 9.10. The zero-order chi connectivity index (χ0) is 14.9. The van der Waals surface area contributed by atoms with Crippen LogP contribution in [0.1, 0.15) is 12.5 Å². The van der Waals surface area contributed by atoms with Crippen molar-refractivity contribution >= 4 is 32.5 Å². The first-order chi connectivity index (χ1) is 9.34. The van der Waals surface area contributed by atoms with Gasteiger partial charge >= 0.3 is 0 Å². The molecule has 0 spiro atoms. The van der Waals surface area contributed by atoms with Gasteiger partial charge in [0.05, 0.1) is 10.4 Å². The molecule has 0 amide bonds. The molecule has 2 rings (SSSR count). The Morgan fingerprint density at radius 3 is 2.80 bits per heavy atom. The summed E-state index contributed by atoms with van der Waals surface area (Å²) in [6.45, 7) is 2.02. The number of rotatable bonds is 4. The van der Waals surface area contributed by atoms with Crippen LogP contribution in [0.2, 0.25) is 0 Å². The largest absolute Gasteiger partial charge is 0.329 e. The van der Waals surface area contributed by atoms with E-state index in [1.165, 1.54) is 6.20 Å². The van der Waals surface area contributed by atoms with Crippen molar-refractivity contribution in [3.63, 3.8) is 0 Å². The summed E-state index contributed by atoms with van der Waals surface area (Å²) in [5.74, 6) is 0. The van der Waals surface area contributed by atoms with Gasteiger partial charge in [-0.3, -0.25) is 10.1 Å². The van der Waals surface area contributed by atoms with Gasteiger partial charge in [0.1, 0.15) is 6.20 Å². The first-order valence-electron chi connectivity index (χ1n) is 6.04. The predicted octanol–water partition coefficient (Wildman–Crippen LogP) is 2.12. The van der Waals surface area contributed by atoms with Crippen molar-refractivity contribution in [2.75, 3.05) is 6.54 Å². The molecule has 0 saturated heterocycles. The van der Waals surface area contributed by atoms with E-state index in [0.717, 1.165) is 9.86 Å². The van der Waals surface area contributed by atoms with Gasteiger partial charge in [-0.05, 0) is 25.5 Å². The van der Waals surface area contributed by atoms with Crippen LogP contribution in [0.15, 0.2) is 28.9 Å². The predicted molar refractivity (Wildman–Crippen MR) is 81.4 cm³/mol. The van der Waals surface area contributed by atoms with Crippen molar-refractivity contribution in [1.82, 2.24) is 4.98 Å². The van der Waals surface area contributed by atoms with E-state index < -0.39 is 10.5 Å². The minimum absolute atomic E-state index is 0.0232. The molecule has 7 heteroatoms. The molecular weight excluding hydrogens is 324 g/mol. The zero-order valence-electron chi connectivity index (χ0n) is 11.0. The summed E-state index contributed by atoms with van der Waals surface area (Å²) < 4.78 is 0.867. The van der Waals surface area contributed by atoms with Gasteiger partial charge in [0.2, 0.25) is 0 Å². The maximum atomic E-state index is 11.2. The van der Waals surface area contributed by atoms with Crippen molar-refractivity contribution in [2.24, 2.45) is 11.5 Å². The van der Waals surface area contributed by atoms with Crippen molar-refractivity contribution in [3.05, 3.63) is 44.5 Å². The minimum Gasteiger partial charge on any atom is -0.329 e. The Hall–Kier alpha value is -1.57. The highest BCUT2D eigenvalue weighted by atomic mass is 79.9. The lowest BCUT2D eigenvalue weighted by Gasteiger charge is -2.23. The van der Waals surface area contributed by atoms with Crippen LogP contribution in [0, 0.1) is 10.1 Å². The summed E-state index contributed by atoms with van der Waals surface area (Å²) in [5, 5.41) is 11.9. The van der Waals surface area contributed by atoms with E-state index in [0.29, 0.717) is 17.5 Å². The summed E-state index contributed by atoms with van der Waals surface area (Å²) in [7, 11) is 0. The van der Waals surface area contributed by atoms with Gasteiger partial charge in [-0.15, -0.1) is 0 Å². The number of nitrogens with two attached hydrogens (primary N) is 2. The van der Waals surface area contributed by atoms with E-state index in [-0.39, 0.29) is 12.2 Å². The van der Waals surface area contributed by atoms with Crippen LogP contribution >= 0.6 is 15.9 Å². The average molecular weight is 339 g/mol. The van der Waals surface area contributed by atoms with E-state index in [2.05, 4.69) is 20.9 Å². The molecular formula is C13H15BrN4O2. The molecule has 0 aliphatic carbocycles. The van der Waals surface area contributed by atoms with Gasteiger partial charge in [-0.2, -0.15) is 0 Å². The third kappa shape index (κ3) is 2.95. The molecule has 1 atom stereocenters. The number of nitrogens with zero attached hydrogens (tertiary/aromatic N) is 2. The monoisotopic (exact) mass is 338 g/mol. The Balaban J connectivity index is 2.68. The smallest absolute Gasteiger partial charge is 0.291 e. The normalized spacial score (nSPS) is 14.2. The van der Waals surface area contributed by atoms with E-state index in [1.807, 2.05) is 12.1 Å². The number of hydrogen-bond acceptors (Lipinski definition) is 5. The fourth-order valence-corrected chi connectivity index (χ4v) is 2.38. The third-order valence-electron chi connectivity index (χ3n) is 3.16. The lowest BCUT2D eigenvalue weighted by Crippen LogP contribution is -2.46. The highest BCUT2D eigenvalue weighted by Crippen LogP contribution is 2.30. The fourth-order valence-electron chi connectivity index (χ4n) is 2.03. The third-order valence-corrected chi connectivity index (χ3v) is 3.66. The maximum Gasteiger partial charge on any atom is 0.291 e. The van der Waals surface area contributed by atoms with E-state index in [1.54, 1.807) is 13.0 Å². The molecule has 0 aliphatic rings. The average Bonchev–Trinajstić information content (AvgIpc) is 2.38. The standard InChI is InChI=1S/C13H15BrN4O2/c1-13(16,7-15)5-10-9-3-2-8(14)4-11(9)17-6-12(10)18(19)20/h2-4,6H,5,7,15-16H2,1H3. The molecule has 0 fully saturated rings. The molecule has 1 heterocycles. The van der Waals surface area contributed by atoms with Crippen LogP contribution in [0.4, 0.5) is 5.69 Å². The van der Waals surface area contributed by atoms with E-state index in [9.17, 15) is 10.1 Å². The van der Waals surface area contributed by atoms with Gasteiger partial charge in [-0.1, -0.05) is 22.0 Å². The molecule has 106 valence electrons. The Kier molecular flexibility index (Phi) is 4.03. The zero-order valence-corrected chi connectivity index (χ0v) is 12.6. The molecule has 6 nitrogen and oxygen atoms in total. The van der Waals surface area contributed by atoms with Crippen LogP contribution in [0.5, 0.6) is 0 Å². The number of pyridine rings is 1. The maximum absolute atomic E-state index is 11.2. The van der Waals surface area contributed by atoms with E-state index >= 15 is 0 Å². The van der Waals surface area contributed by atoms with Crippen molar-refractivity contribution in [1.29, 1.82) is 0 Å². The molecule has 0 radical (unpaired) electrons. The SMILES string of the molecule is CC(N)(CN)Cc1c([N+](=O)[O-])cnc2cc(Br)ccc12. The molecule has 0 aliphatic heterocycles. The number of hydrogen-bond donors (Lipinski definition) is 2. The minimum atomic E-state index is -0.702. The molecule has 4 N–H and O–H groups in total. The van der Waals surface area contributed by atoms with E-state index in [4.69, 9.17) is 11.5 Å². The molecule has 0 bridgehead atoms. The lowest BCUT2D eigenvalue weighted by atomic mass is 9.91. The van der Waals surface area contributed by atoms with Gasteiger partial charge in [0.25, 0.3) is 5.69 Å². The lowest BCUT2D eigenvalue weighted by molar-refractivity contribution is -0.385. The van der Waals surface area contributed by atoms with Crippen molar-refractivity contribution in [3.8, 4) is 0 Å². The molecule has 2 aromatic rings. The van der Waals surface area contributed by atoms with Crippen LogP contribution in [0.25, 0.3) is 10.9 Å². The number of halogens is 1.